The maximum absolute atomic E-state index is 11.1. The summed E-state index contributed by atoms with van der Waals surface area (Å²) in [5.74, 6) is 0.194. The number of nitro benzene ring substituents is 1. The minimum atomic E-state index is -0.835. The van der Waals surface area contributed by atoms with Crippen LogP contribution in [0.2, 0.25) is 11.1 Å². The average molecular weight is 310 g/mol. The normalized spacial score (nSPS) is 12.6. The predicted molar refractivity (Wildman–Crippen MR) is 85.7 cm³/mol. The largest absolute Gasteiger partial charge is 0.504 e. The highest BCUT2D eigenvalue weighted by molar-refractivity contribution is 6.63. The Bertz CT molecular complexity index is 509. The van der Waals surface area contributed by atoms with Crippen LogP contribution in [0, 0.1) is 10.1 Å². The number of nitrogens with zero attached hydrogens (tertiary/aromatic N) is 1. The van der Waals surface area contributed by atoms with Crippen molar-refractivity contribution < 1.29 is 14.8 Å². The number of nitro groups is 1. The molecule has 0 aliphatic rings. The van der Waals surface area contributed by atoms with Crippen LogP contribution in [-0.2, 0) is 0 Å². The highest BCUT2D eigenvalue weighted by Gasteiger charge is 2.43. The van der Waals surface area contributed by atoms with Crippen molar-refractivity contribution in [3.8, 4) is 11.5 Å². The summed E-state index contributed by atoms with van der Waals surface area (Å²) in [4.78, 5) is 10.6. The van der Waals surface area contributed by atoms with E-state index in [0.29, 0.717) is 16.6 Å². The molecular weight excluding hydrogens is 286 g/mol. The number of non-ortho nitro benzene ring substituents is 1. The molecule has 21 heavy (non-hydrogen) atoms. The van der Waals surface area contributed by atoms with Gasteiger partial charge in [0, 0.05) is 11.6 Å². The molecule has 0 saturated carbocycles. The summed E-state index contributed by atoms with van der Waals surface area (Å²) >= 11 is 0. The van der Waals surface area contributed by atoms with Gasteiger partial charge in [0.05, 0.1) is 29.2 Å². The zero-order valence-corrected chi connectivity index (χ0v) is 14.5. The zero-order valence-electron chi connectivity index (χ0n) is 13.5. The van der Waals surface area contributed by atoms with Crippen molar-refractivity contribution in [2.75, 3.05) is 7.11 Å². The standard InChI is InChI=1S/C15H23NO4Si/c1-9(2)21(10(3)4)11(5)13-7-12(16(18)19)8-14(20-6)15(13)17/h7-11H,1-6H3/p+1. The second-order valence-corrected chi connectivity index (χ2v) is 10.0. The van der Waals surface area contributed by atoms with E-state index in [1.165, 1.54) is 19.2 Å². The molecule has 1 aromatic rings. The van der Waals surface area contributed by atoms with Gasteiger partial charge in [-0.05, 0) is 34.6 Å². The van der Waals surface area contributed by atoms with Crippen molar-refractivity contribution in [3.63, 3.8) is 0 Å². The highest BCUT2D eigenvalue weighted by atomic mass is 28.3. The Morgan fingerprint density at radius 2 is 1.71 bits per heavy atom. The molecule has 0 aliphatic carbocycles. The monoisotopic (exact) mass is 310 g/mol. The summed E-state index contributed by atoms with van der Waals surface area (Å²) in [6.07, 6.45) is 0. The van der Waals surface area contributed by atoms with E-state index in [9.17, 15) is 15.2 Å². The Labute approximate surface area is 127 Å². The summed E-state index contributed by atoms with van der Waals surface area (Å²) in [5, 5.41) is 21.4. The lowest BCUT2D eigenvalue weighted by Gasteiger charge is -2.18. The van der Waals surface area contributed by atoms with E-state index in [0.717, 1.165) is 0 Å². The number of hydrogen-bond acceptors (Lipinski definition) is 4. The van der Waals surface area contributed by atoms with E-state index in [2.05, 4.69) is 27.7 Å². The van der Waals surface area contributed by atoms with Crippen LogP contribution < -0.4 is 4.74 Å². The second kappa shape index (κ2) is 6.93. The Morgan fingerprint density at radius 3 is 2.10 bits per heavy atom. The maximum Gasteiger partial charge on any atom is 0.327 e. The summed E-state index contributed by atoms with van der Waals surface area (Å²) in [5.41, 5.74) is 1.70. The van der Waals surface area contributed by atoms with Crippen molar-refractivity contribution >= 4 is 14.5 Å². The Balaban J connectivity index is 3.39. The van der Waals surface area contributed by atoms with Crippen LogP contribution in [0.5, 0.6) is 11.5 Å². The number of ether oxygens (including phenoxy) is 1. The first-order valence-corrected chi connectivity index (χ1v) is 8.85. The zero-order chi connectivity index (χ0) is 16.3. The summed E-state index contributed by atoms with van der Waals surface area (Å²) < 4.78 is 5.08. The lowest BCUT2D eigenvalue weighted by atomic mass is 10.1. The van der Waals surface area contributed by atoms with Gasteiger partial charge in [-0.2, -0.15) is 0 Å². The van der Waals surface area contributed by atoms with Crippen molar-refractivity contribution in [1.29, 1.82) is 0 Å². The van der Waals surface area contributed by atoms with Crippen LogP contribution in [-0.4, -0.2) is 25.9 Å². The Kier molecular flexibility index (Phi) is 5.77. The fraction of sp³-hybridized carbons (Fsp3) is 0.600. The van der Waals surface area contributed by atoms with Gasteiger partial charge >= 0.3 is 8.80 Å². The van der Waals surface area contributed by atoms with Crippen molar-refractivity contribution in [2.45, 2.75) is 51.2 Å². The van der Waals surface area contributed by atoms with E-state index in [-0.39, 0.29) is 22.7 Å². The summed E-state index contributed by atoms with van der Waals surface area (Å²) in [7, 11) is 0.571. The van der Waals surface area contributed by atoms with E-state index in [1.807, 2.05) is 6.92 Å². The lowest BCUT2D eigenvalue weighted by molar-refractivity contribution is -0.385. The first-order chi connectivity index (χ1) is 9.70. The number of phenols is 1. The molecule has 1 atom stereocenters. The van der Waals surface area contributed by atoms with Gasteiger partial charge in [-0.25, -0.2) is 0 Å². The van der Waals surface area contributed by atoms with E-state index in [1.54, 1.807) is 0 Å². The molecule has 0 fully saturated rings. The third kappa shape index (κ3) is 3.75. The minimum absolute atomic E-state index is 0.0272. The van der Waals surface area contributed by atoms with Crippen LogP contribution >= 0.6 is 0 Å². The van der Waals surface area contributed by atoms with E-state index in [4.69, 9.17) is 4.74 Å². The van der Waals surface area contributed by atoms with E-state index >= 15 is 0 Å². The van der Waals surface area contributed by atoms with Gasteiger partial charge in [-0.1, -0.05) is 0 Å². The summed E-state index contributed by atoms with van der Waals surface area (Å²) in [6.45, 7) is 10.8. The smallest absolute Gasteiger partial charge is 0.327 e. The number of methoxy groups -OCH3 is 1. The third-order valence-corrected chi connectivity index (χ3v) is 7.80. The Hall–Kier alpha value is -1.56. The average Bonchev–Trinajstić information content (AvgIpc) is 2.37. The molecule has 0 amide bonds. The molecule has 0 radical (unpaired) electrons. The molecule has 1 rings (SSSR count). The number of rotatable bonds is 6. The Morgan fingerprint density at radius 1 is 1.19 bits per heavy atom. The molecule has 0 heterocycles. The molecule has 1 aromatic carbocycles. The number of benzene rings is 1. The molecule has 1 N–H and O–H groups in total. The van der Waals surface area contributed by atoms with Crippen LogP contribution in [0.15, 0.2) is 12.1 Å². The summed E-state index contributed by atoms with van der Waals surface area (Å²) in [6, 6.07) is 2.75. The molecule has 5 nitrogen and oxygen atoms in total. The maximum atomic E-state index is 11.1. The van der Waals surface area contributed by atoms with Gasteiger partial charge in [-0.3, -0.25) is 10.1 Å². The lowest BCUT2D eigenvalue weighted by Crippen LogP contribution is -2.28. The van der Waals surface area contributed by atoms with Gasteiger partial charge in [0.1, 0.15) is 5.54 Å². The van der Waals surface area contributed by atoms with Crippen LogP contribution in [0.25, 0.3) is 0 Å². The topological polar surface area (TPSA) is 72.6 Å². The quantitative estimate of drug-likeness (QED) is 0.484. The first-order valence-electron chi connectivity index (χ1n) is 7.12. The SMILES string of the molecule is COc1cc([N+](=O)[O-])cc(C(C)[Si+](C(C)C)C(C)C)c1O. The minimum Gasteiger partial charge on any atom is -0.504 e. The van der Waals surface area contributed by atoms with Crippen LogP contribution in [0.4, 0.5) is 5.69 Å². The van der Waals surface area contributed by atoms with Gasteiger partial charge in [0.2, 0.25) is 0 Å². The fourth-order valence-electron chi connectivity index (χ4n) is 3.05. The molecule has 1 unspecified atom stereocenters. The van der Waals surface area contributed by atoms with Gasteiger partial charge in [0.25, 0.3) is 5.69 Å². The number of aromatic hydroxyl groups is 1. The number of phenolic OH excluding ortho intramolecular Hbond substituents is 1. The van der Waals surface area contributed by atoms with Crippen molar-refractivity contribution in [1.82, 2.24) is 0 Å². The van der Waals surface area contributed by atoms with Crippen LogP contribution in [0.3, 0.4) is 0 Å². The second-order valence-electron chi connectivity index (χ2n) is 5.87. The fourth-order valence-corrected chi connectivity index (χ4v) is 6.96. The van der Waals surface area contributed by atoms with Crippen LogP contribution in [0.1, 0.15) is 45.7 Å². The van der Waals surface area contributed by atoms with Gasteiger partial charge in [-0.15, -0.1) is 0 Å². The molecule has 0 spiro atoms. The molecule has 0 aromatic heterocycles. The first kappa shape index (κ1) is 17.5. The number of hydrogen-bond donors (Lipinski definition) is 1. The highest BCUT2D eigenvalue weighted by Crippen LogP contribution is 2.42. The predicted octanol–water partition coefficient (Wildman–Crippen LogP) is 4.27. The molecular formula is C15H24NO4Si+. The van der Waals surface area contributed by atoms with Gasteiger partial charge < -0.3 is 9.84 Å². The molecule has 0 bridgehead atoms. The molecule has 116 valence electrons. The molecule has 0 aliphatic heterocycles. The van der Waals surface area contributed by atoms with E-state index < -0.39 is 13.7 Å². The van der Waals surface area contributed by atoms with Crippen molar-refractivity contribution in [2.24, 2.45) is 0 Å². The molecule has 0 saturated heterocycles. The van der Waals surface area contributed by atoms with Gasteiger partial charge in [0.15, 0.2) is 11.5 Å². The van der Waals surface area contributed by atoms with Crippen molar-refractivity contribution in [3.05, 3.63) is 27.8 Å². The third-order valence-electron chi connectivity index (χ3n) is 3.82. The molecule has 6 heteroatoms.